The number of rotatable bonds is 24. The molecule has 0 aliphatic heterocycles. The van der Waals surface area contributed by atoms with Crippen molar-refractivity contribution >= 4 is 7.82 Å². The van der Waals surface area contributed by atoms with Gasteiger partial charge < -0.3 is 23.2 Å². The number of benzene rings is 1. The molecule has 0 aliphatic rings. The molecule has 0 N–H and O–H groups in total. The maximum absolute atomic E-state index is 11.8. The van der Waals surface area contributed by atoms with Gasteiger partial charge in [-0.25, -0.2) is 0 Å². The van der Waals surface area contributed by atoms with Gasteiger partial charge in [-0.15, -0.1) is 0 Å². The molecular formula is C31H54NO5P. The summed E-state index contributed by atoms with van der Waals surface area (Å²) in [6.45, 7) is 3.74. The summed E-state index contributed by atoms with van der Waals surface area (Å²) in [5.41, 5.74) is 0.998. The molecule has 0 saturated carbocycles. The molecule has 0 aliphatic carbocycles. The number of allylic oxidation sites excluding steroid dienone is 4. The van der Waals surface area contributed by atoms with E-state index in [-0.39, 0.29) is 13.2 Å². The Kier molecular flexibility index (Phi) is 19.5. The van der Waals surface area contributed by atoms with E-state index < -0.39 is 7.82 Å². The molecule has 0 radical (unpaired) electrons. The van der Waals surface area contributed by atoms with Gasteiger partial charge in [0, 0.05) is 0 Å². The summed E-state index contributed by atoms with van der Waals surface area (Å²) in [6.07, 6.45) is 24.5. The standard InChI is InChI=1S/C31H54NO5P/c1-5-6-7-8-9-10-11-12-13-14-15-16-17-18-19-20-27-35-31-23-21-30(22-24-31)25-28-36-38(33,34)37-29-26-32(2,3)4/h9-10,12-13,21-24H,5-8,11,14-20,25-29H2,1-4H3/b10-9-,13-12-. The van der Waals surface area contributed by atoms with Crippen LogP contribution in [0.2, 0.25) is 0 Å². The molecule has 6 nitrogen and oxygen atoms in total. The van der Waals surface area contributed by atoms with E-state index in [1.54, 1.807) is 0 Å². The first-order chi connectivity index (χ1) is 18.2. The monoisotopic (exact) mass is 551 g/mol. The number of hydrogen-bond acceptors (Lipinski definition) is 5. The molecule has 0 bridgehead atoms. The molecule has 0 fully saturated rings. The molecular weight excluding hydrogens is 497 g/mol. The third kappa shape index (κ3) is 21.5. The Bertz CT molecular complexity index is 801. The highest BCUT2D eigenvalue weighted by Crippen LogP contribution is 2.38. The summed E-state index contributed by atoms with van der Waals surface area (Å²) in [5, 5.41) is 0. The van der Waals surface area contributed by atoms with Crippen molar-refractivity contribution in [3.05, 3.63) is 54.1 Å². The van der Waals surface area contributed by atoms with Crippen LogP contribution in [0.3, 0.4) is 0 Å². The number of unbranched alkanes of at least 4 members (excludes halogenated alkanes) is 9. The molecule has 1 unspecified atom stereocenters. The zero-order valence-electron chi connectivity index (χ0n) is 24.6. The molecule has 7 heteroatoms. The second kappa shape index (κ2) is 21.4. The quantitative estimate of drug-likeness (QED) is 0.0572. The van der Waals surface area contributed by atoms with Gasteiger partial charge in [0.05, 0.1) is 34.4 Å². The van der Waals surface area contributed by atoms with E-state index in [9.17, 15) is 9.46 Å². The maximum atomic E-state index is 11.8. The molecule has 0 aromatic heterocycles. The molecule has 38 heavy (non-hydrogen) atoms. The zero-order chi connectivity index (χ0) is 28.0. The summed E-state index contributed by atoms with van der Waals surface area (Å²) in [7, 11) is 1.67. The van der Waals surface area contributed by atoms with Gasteiger partial charge >= 0.3 is 0 Å². The fourth-order valence-corrected chi connectivity index (χ4v) is 4.47. The molecule has 0 amide bonds. The van der Waals surface area contributed by atoms with Crippen molar-refractivity contribution in [2.24, 2.45) is 0 Å². The largest absolute Gasteiger partial charge is 0.756 e. The fourth-order valence-electron chi connectivity index (χ4n) is 3.77. The minimum atomic E-state index is -4.26. The highest BCUT2D eigenvalue weighted by molar-refractivity contribution is 7.45. The Morgan fingerprint density at radius 2 is 1.34 bits per heavy atom. The summed E-state index contributed by atoms with van der Waals surface area (Å²) < 4.78 is 28.2. The minimum Gasteiger partial charge on any atom is -0.756 e. The van der Waals surface area contributed by atoms with Crippen molar-refractivity contribution in [1.82, 2.24) is 0 Å². The number of phosphoric ester groups is 1. The fraction of sp³-hybridized carbons (Fsp3) is 0.677. The van der Waals surface area contributed by atoms with Gasteiger partial charge in [0.2, 0.25) is 0 Å². The smallest absolute Gasteiger partial charge is 0.268 e. The number of nitrogens with zero attached hydrogens (tertiary/aromatic N) is 1. The van der Waals surface area contributed by atoms with E-state index in [1.165, 1.54) is 64.2 Å². The average molecular weight is 552 g/mol. The molecule has 1 rings (SSSR count). The Balaban J connectivity index is 2.00. The Labute approximate surface area is 233 Å². The van der Waals surface area contributed by atoms with Crippen molar-refractivity contribution in [2.45, 2.75) is 90.4 Å². The Hall–Kier alpha value is -1.43. The van der Waals surface area contributed by atoms with Crippen LogP contribution >= 0.6 is 7.82 Å². The van der Waals surface area contributed by atoms with Crippen LogP contribution in [0.15, 0.2) is 48.6 Å². The van der Waals surface area contributed by atoms with Gasteiger partial charge in [0.15, 0.2) is 0 Å². The van der Waals surface area contributed by atoms with Crippen LogP contribution in [-0.4, -0.2) is 52.0 Å². The molecule has 1 aromatic rings. The van der Waals surface area contributed by atoms with Gasteiger partial charge in [0.25, 0.3) is 7.82 Å². The lowest BCUT2D eigenvalue weighted by Crippen LogP contribution is -2.37. The topological polar surface area (TPSA) is 67.8 Å². The molecule has 218 valence electrons. The van der Waals surface area contributed by atoms with Gasteiger partial charge in [-0.1, -0.05) is 81.9 Å². The van der Waals surface area contributed by atoms with Crippen molar-refractivity contribution in [3.63, 3.8) is 0 Å². The van der Waals surface area contributed by atoms with E-state index in [0.717, 1.165) is 30.8 Å². The zero-order valence-corrected chi connectivity index (χ0v) is 25.5. The molecule has 1 atom stereocenters. The van der Waals surface area contributed by atoms with E-state index in [4.69, 9.17) is 13.8 Å². The lowest BCUT2D eigenvalue weighted by Gasteiger charge is -2.27. The van der Waals surface area contributed by atoms with Crippen molar-refractivity contribution in [1.29, 1.82) is 0 Å². The minimum absolute atomic E-state index is 0.0676. The maximum Gasteiger partial charge on any atom is 0.268 e. The number of ether oxygens (including phenoxy) is 1. The highest BCUT2D eigenvalue weighted by Gasteiger charge is 2.13. The first-order valence-electron chi connectivity index (χ1n) is 14.6. The number of likely N-dealkylation sites (N-methyl/N-ethyl adjacent to an activating group) is 1. The molecule has 0 heterocycles. The van der Waals surface area contributed by atoms with Crippen LogP contribution < -0.4 is 9.63 Å². The molecule has 0 spiro atoms. The van der Waals surface area contributed by atoms with Gasteiger partial charge in [-0.3, -0.25) is 4.57 Å². The summed E-state index contributed by atoms with van der Waals surface area (Å²) in [6, 6.07) is 7.76. The summed E-state index contributed by atoms with van der Waals surface area (Å²) in [5.74, 6) is 0.843. The highest BCUT2D eigenvalue weighted by atomic mass is 31.2. The predicted octanol–water partition coefficient (Wildman–Crippen LogP) is 7.63. The van der Waals surface area contributed by atoms with Crippen molar-refractivity contribution < 1.29 is 27.7 Å². The Morgan fingerprint density at radius 1 is 0.763 bits per heavy atom. The van der Waals surface area contributed by atoms with Crippen LogP contribution in [0, 0.1) is 0 Å². The van der Waals surface area contributed by atoms with Crippen molar-refractivity contribution in [3.8, 4) is 5.75 Å². The third-order valence-electron chi connectivity index (χ3n) is 6.19. The van der Waals surface area contributed by atoms with Crippen LogP contribution in [0.1, 0.15) is 89.5 Å². The van der Waals surface area contributed by atoms with Crippen LogP contribution in [-0.2, 0) is 20.0 Å². The SMILES string of the molecule is CCCCC/C=C\C/C=C\CCCCCCCCOc1ccc(CCOP(=O)([O-])OCC[N+](C)(C)C)cc1. The number of quaternary nitrogens is 1. The first kappa shape index (κ1) is 34.6. The lowest BCUT2D eigenvalue weighted by molar-refractivity contribution is -0.870. The predicted molar refractivity (Wildman–Crippen MR) is 157 cm³/mol. The average Bonchev–Trinajstić information content (AvgIpc) is 2.86. The van der Waals surface area contributed by atoms with Crippen LogP contribution in [0.25, 0.3) is 0 Å². The van der Waals surface area contributed by atoms with E-state index in [1.807, 2.05) is 45.4 Å². The van der Waals surface area contributed by atoms with E-state index in [2.05, 4.69) is 31.2 Å². The van der Waals surface area contributed by atoms with Crippen LogP contribution in [0.5, 0.6) is 5.75 Å². The summed E-state index contributed by atoms with van der Waals surface area (Å²) >= 11 is 0. The number of hydrogen-bond donors (Lipinski definition) is 0. The third-order valence-corrected chi connectivity index (χ3v) is 7.19. The second-order valence-corrected chi connectivity index (χ2v) is 12.4. The van der Waals surface area contributed by atoms with Gasteiger partial charge in [0.1, 0.15) is 18.9 Å². The second-order valence-electron chi connectivity index (χ2n) is 11.0. The van der Waals surface area contributed by atoms with E-state index >= 15 is 0 Å². The van der Waals surface area contributed by atoms with Gasteiger partial charge in [-0.2, -0.15) is 0 Å². The normalized spacial score (nSPS) is 13.9. The van der Waals surface area contributed by atoms with E-state index in [0.29, 0.717) is 17.4 Å². The van der Waals surface area contributed by atoms with Gasteiger partial charge in [-0.05, 0) is 62.6 Å². The first-order valence-corrected chi connectivity index (χ1v) is 16.1. The molecule has 1 aromatic carbocycles. The number of phosphoric acid groups is 1. The summed E-state index contributed by atoms with van der Waals surface area (Å²) in [4.78, 5) is 11.8. The Morgan fingerprint density at radius 3 is 1.97 bits per heavy atom. The molecule has 0 saturated heterocycles. The van der Waals surface area contributed by atoms with Crippen molar-refractivity contribution in [2.75, 3.05) is 47.5 Å². The lowest BCUT2D eigenvalue weighted by atomic mass is 10.1. The van der Waals surface area contributed by atoms with Crippen LogP contribution in [0.4, 0.5) is 0 Å².